The van der Waals surface area contributed by atoms with Gasteiger partial charge in [0.2, 0.25) is 17.7 Å². The lowest BCUT2D eigenvalue weighted by Crippen LogP contribution is -2.69. The van der Waals surface area contributed by atoms with Gasteiger partial charge < -0.3 is 40.7 Å². The Hall–Kier alpha value is -2.28. The van der Waals surface area contributed by atoms with Crippen LogP contribution >= 0.6 is 0 Å². The van der Waals surface area contributed by atoms with E-state index >= 15 is 0 Å². The molecule has 12 nitrogen and oxygen atoms in total. The first-order chi connectivity index (χ1) is 27.6. The van der Waals surface area contributed by atoms with E-state index in [0.29, 0.717) is 32.2 Å². The minimum absolute atomic E-state index is 0.0464. The molecule has 0 aromatic rings. The number of carbonyl (C=O) groups excluding carboxylic acids is 3. The topological polar surface area (TPSA) is 186 Å². The summed E-state index contributed by atoms with van der Waals surface area (Å²) in [7, 11) is 0. The van der Waals surface area contributed by atoms with Gasteiger partial charge >= 0.3 is 5.97 Å². The highest BCUT2D eigenvalue weighted by Gasteiger charge is 2.48. The molecule has 6 atom stereocenters. The number of rotatable bonds is 37. The molecule has 6 N–H and O–H groups in total. The summed E-state index contributed by atoms with van der Waals surface area (Å²) in [4.78, 5) is 52.2. The van der Waals surface area contributed by atoms with Crippen molar-refractivity contribution < 1.29 is 44.3 Å². The predicted octanol–water partition coefficient (Wildman–Crippen LogP) is 8.07. The number of aliphatic hydroxyl groups excluding tert-OH is 3. The van der Waals surface area contributed by atoms with Crippen molar-refractivity contribution in [2.24, 2.45) is 0 Å². The van der Waals surface area contributed by atoms with Crippen molar-refractivity contribution in [3.05, 3.63) is 0 Å². The number of hydrogen-bond donors (Lipinski definition) is 6. The molecule has 1 saturated heterocycles. The van der Waals surface area contributed by atoms with E-state index in [9.17, 15) is 34.5 Å². The van der Waals surface area contributed by atoms with E-state index in [-0.39, 0.29) is 25.2 Å². The summed E-state index contributed by atoms with van der Waals surface area (Å²) < 4.78 is 6.13. The number of nitrogens with one attached hydrogen (secondary N) is 2. The Morgan fingerprint density at radius 3 is 1.47 bits per heavy atom. The predicted molar refractivity (Wildman–Crippen MR) is 227 cm³/mol. The fraction of sp³-hybridized carbons (Fsp3) is 0.911. The number of carboxylic acid groups (broad SMARTS) is 1. The van der Waals surface area contributed by atoms with E-state index in [1.807, 2.05) is 0 Å². The summed E-state index contributed by atoms with van der Waals surface area (Å²) in [5.74, 6) is -2.14. The third-order valence-electron chi connectivity index (χ3n) is 11.4. The lowest BCUT2D eigenvalue weighted by atomic mass is 9.94. The van der Waals surface area contributed by atoms with Crippen LogP contribution in [0.2, 0.25) is 0 Å². The van der Waals surface area contributed by atoms with Crippen molar-refractivity contribution in [1.82, 2.24) is 15.5 Å². The minimum atomic E-state index is -1.54. The molecule has 1 fully saturated rings. The first-order valence-corrected chi connectivity index (χ1v) is 23.3. The standard InChI is InChI=1S/C45H85N3O9/c1-4-6-8-10-12-14-16-17-18-19-20-21-23-25-27-32-39(51)48(34-30-26-24-22-15-13-11-9-7-5-2)45-41(43(55)42(54)37(35-49)57-45)47-44(56)36(3)46-38(50)31-28-29-33-40(52)53/h36-37,41-43,45,49,54-55H,4-35H2,1-3H3,(H,46,50)(H,47,56)(H,52,53)/t36-,37+,41+,42+,43+,45+/m0/s1. The van der Waals surface area contributed by atoms with Crippen LogP contribution in [0, 0.1) is 0 Å². The van der Waals surface area contributed by atoms with Gasteiger partial charge in [0.05, 0.1) is 6.61 Å². The quantitative estimate of drug-likeness (QED) is 0.0338. The summed E-state index contributed by atoms with van der Waals surface area (Å²) in [6.45, 7) is 5.72. The van der Waals surface area contributed by atoms with Crippen molar-refractivity contribution in [1.29, 1.82) is 0 Å². The molecular formula is C45H85N3O9. The molecular weight excluding hydrogens is 727 g/mol. The summed E-state index contributed by atoms with van der Waals surface area (Å²) in [6, 6.07) is -2.22. The SMILES string of the molecule is CCCCCCCCCCCCCCCCCC(=O)N(CCCCCCCCCCCC)[C@@H]1O[C@H](CO)[C@@H](O)[C@H](O)[C@H]1NC(=O)[C@H](C)NC(=O)CCCCC(=O)O. The molecule has 1 aliphatic heterocycles. The minimum Gasteiger partial charge on any atom is -0.481 e. The van der Waals surface area contributed by atoms with Crippen LogP contribution in [0.5, 0.6) is 0 Å². The Morgan fingerprint density at radius 2 is 1.02 bits per heavy atom. The van der Waals surface area contributed by atoms with Crippen LogP contribution in [0.1, 0.15) is 213 Å². The van der Waals surface area contributed by atoms with Crippen molar-refractivity contribution >= 4 is 23.7 Å². The van der Waals surface area contributed by atoms with Gasteiger partial charge in [-0.15, -0.1) is 0 Å². The number of carbonyl (C=O) groups is 4. The van der Waals surface area contributed by atoms with Crippen molar-refractivity contribution in [3.63, 3.8) is 0 Å². The largest absolute Gasteiger partial charge is 0.481 e. The molecule has 0 bridgehead atoms. The number of carboxylic acids is 1. The van der Waals surface area contributed by atoms with E-state index in [1.54, 1.807) is 4.90 Å². The molecule has 0 spiro atoms. The summed E-state index contributed by atoms with van der Waals surface area (Å²) in [6.07, 6.45) is 25.2. The van der Waals surface area contributed by atoms with Gasteiger partial charge in [-0.25, -0.2) is 0 Å². The second-order valence-electron chi connectivity index (χ2n) is 16.6. The highest BCUT2D eigenvalue weighted by molar-refractivity contribution is 5.87. The van der Waals surface area contributed by atoms with Gasteiger partial charge in [-0.05, 0) is 32.6 Å². The highest BCUT2D eigenvalue weighted by Crippen LogP contribution is 2.26. The Morgan fingerprint density at radius 1 is 0.596 bits per heavy atom. The molecule has 0 saturated carbocycles. The fourth-order valence-electron chi connectivity index (χ4n) is 7.71. The molecule has 0 unspecified atom stereocenters. The number of hydrogen-bond acceptors (Lipinski definition) is 8. The molecule has 1 rings (SSSR count). The number of unbranched alkanes of at least 4 members (excludes halogenated alkanes) is 24. The van der Waals surface area contributed by atoms with Crippen molar-refractivity contribution in [3.8, 4) is 0 Å². The Labute approximate surface area is 346 Å². The van der Waals surface area contributed by atoms with Gasteiger partial charge in [0.15, 0.2) is 6.23 Å². The maximum absolute atomic E-state index is 14.0. The van der Waals surface area contributed by atoms with Gasteiger partial charge in [-0.3, -0.25) is 19.2 Å². The first kappa shape index (κ1) is 52.7. The van der Waals surface area contributed by atoms with Crippen LogP contribution in [-0.2, 0) is 23.9 Å². The first-order valence-electron chi connectivity index (χ1n) is 23.3. The smallest absolute Gasteiger partial charge is 0.303 e. The zero-order valence-electron chi connectivity index (χ0n) is 36.4. The van der Waals surface area contributed by atoms with Gasteiger partial charge in [0, 0.05) is 25.8 Å². The maximum atomic E-state index is 14.0. The second kappa shape index (κ2) is 34.6. The lowest BCUT2D eigenvalue weighted by molar-refractivity contribution is -0.231. The molecule has 1 aliphatic rings. The van der Waals surface area contributed by atoms with Crippen LogP contribution in [0.15, 0.2) is 0 Å². The Bertz CT molecular complexity index is 1050. The molecule has 57 heavy (non-hydrogen) atoms. The number of amides is 3. The molecule has 0 radical (unpaired) electrons. The van der Waals surface area contributed by atoms with Crippen molar-refractivity contribution in [2.45, 2.75) is 250 Å². The van der Waals surface area contributed by atoms with Gasteiger partial charge in [0.25, 0.3) is 0 Å². The summed E-state index contributed by atoms with van der Waals surface area (Å²) in [5.41, 5.74) is 0. The fourth-order valence-corrected chi connectivity index (χ4v) is 7.71. The van der Waals surface area contributed by atoms with Crippen LogP contribution in [0.4, 0.5) is 0 Å². The zero-order valence-corrected chi connectivity index (χ0v) is 36.4. The third kappa shape index (κ3) is 25.1. The monoisotopic (exact) mass is 812 g/mol. The zero-order chi connectivity index (χ0) is 42.1. The number of nitrogens with zero attached hydrogens (tertiary/aromatic N) is 1. The van der Waals surface area contributed by atoms with Crippen LogP contribution in [-0.4, -0.2) is 98.8 Å². The summed E-state index contributed by atoms with van der Waals surface area (Å²) in [5, 5.41) is 46.3. The van der Waals surface area contributed by atoms with Crippen LogP contribution < -0.4 is 10.6 Å². The van der Waals surface area contributed by atoms with Gasteiger partial charge in [-0.2, -0.15) is 0 Å². The number of aliphatic carboxylic acids is 1. The van der Waals surface area contributed by atoms with E-state index in [1.165, 1.54) is 116 Å². The van der Waals surface area contributed by atoms with Gasteiger partial charge in [-0.1, -0.05) is 162 Å². The van der Waals surface area contributed by atoms with Gasteiger partial charge in [0.1, 0.15) is 30.4 Å². The molecule has 0 aromatic carbocycles. The van der Waals surface area contributed by atoms with Crippen LogP contribution in [0.3, 0.4) is 0 Å². The van der Waals surface area contributed by atoms with Crippen molar-refractivity contribution in [2.75, 3.05) is 13.2 Å². The maximum Gasteiger partial charge on any atom is 0.303 e. The Balaban J connectivity index is 2.81. The normalized spacial score (nSPS) is 19.9. The third-order valence-corrected chi connectivity index (χ3v) is 11.4. The number of ether oxygens (including phenoxy) is 1. The lowest BCUT2D eigenvalue weighted by Gasteiger charge is -2.47. The Kier molecular flexibility index (Phi) is 32.0. The highest BCUT2D eigenvalue weighted by atomic mass is 16.5. The average molecular weight is 812 g/mol. The number of aliphatic hydroxyl groups is 3. The van der Waals surface area contributed by atoms with E-state index in [0.717, 1.165) is 38.5 Å². The second-order valence-corrected chi connectivity index (χ2v) is 16.6. The van der Waals surface area contributed by atoms with E-state index in [2.05, 4.69) is 24.5 Å². The van der Waals surface area contributed by atoms with E-state index < -0.39 is 61.0 Å². The summed E-state index contributed by atoms with van der Waals surface area (Å²) >= 11 is 0. The molecule has 0 aliphatic carbocycles. The average Bonchev–Trinajstić information content (AvgIpc) is 3.19. The molecule has 334 valence electrons. The molecule has 12 heteroatoms. The van der Waals surface area contributed by atoms with Crippen LogP contribution in [0.25, 0.3) is 0 Å². The molecule has 0 aromatic heterocycles. The molecule has 1 heterocycles. The molecule has 3 amide bonds. The van der Waals surface area contributed by atoms with E-state index in [4.69, 9.17) is 9.84 Å².